The van der Waals surface area contributed by atoms with Crippen molar-refractivity contribution in [1.82, 2.24) is 29.9 Å². The van der Waals surface area contributed by atoms with Crippen LogP contribution in [0.5, 0.6) is 0 Å². The minimum Gasteiger partial charge on any atom is -0.368 e. The van der Waals surface area contributed by atoms with Gasteiger partial charge in [0.1, 0.15) is 11.3 Å². The molecule has 3 aromatic heterocycles. The van der Waals surface area contributed by atoms with Crippen LogP contribution in [-0.2, 0) is 0 Å². The van der Waals surface area contributed by atoms with Crippen LogP contribution in [0.15, 0.2) is 18.7 Å². The number of aromatic nitrogens is 6. The number of imidazole rings is 2. The lowest BCUT2D eigenvalue weighted by molar-refractivity contribution is 0.805. The fraction of sp³-hybridized carbons (Fsp3) is 0.200. The summed E-state index contributed by atoms with van der Waals surface area (Å²) in [5.41, 5.74) is 6.90. The maximum Gasteiger partial charge on any atom is 0.224 e. The van der Waals surface area contributed by atoms with Crippen molar-refractivity contribution in [1.29, 1.82) is 0 Å². The van der Waals surface area contributed by atoms with Crippen molar-refractivity contribution in [3.63, 3.8) is 0 Å². The average Bonchev–Trinajstić information content (AvgIpc) is 2.98. The molecule has 92 valence electrons. The number of nitrogens with two attached hydrogens (primary N) is 1. The molecule has 0 aliphatic heterocycles. The van der Waals surface area contributed by atoms with E-state index in [2.05, 4.69) is 35.2 Å². The van der Waals surface area contributed by atoms with Gasteiger partial charge in [-0.05, 0) is 6.92 Å². The first kappa shape index (κ1) is 10.5. The molecule has 0 amide bonds. The lowest BCUT2D eigenvalue weighted by atomic mass is 10.3. The SMILES string of the molecule is CC(Nc1nc(N)nc2nc[nH]c12)c1ncc[nH]1. The molecule has 0 aliphatic carbocycles. The molecule has 8 nitrogen and oxygen atoms in total. The van der Waals surface area contributed by atoms with Gasteiger partial charge in [0.15, 0.2) is 11.5 Å². The van der Waals surface area contributed by atoms with Crippen molar-refractivity contribution in [3.8, 4) is 0 Å². The third-order valence-electron chi connectivity index (χ3n) is 2.59. The molecule has 0 saturated carbocycles. The van der Waals surface area contributed by atoms with Gasteiger partial charge in [0.2, 0.25) is 5.95 Å². The maximum absolute atomic E-state index is 5.64. The Bertz CT molecular complexity index is 656. The summed E-state index contributed by atoms with van der Waals surface area (Å²) in [6.07, 6.45) is 5.03. The molecule has 0 fully saturated rings. The normalized spacial score (nSPS) is 12.7. The van der Waals surface area contributed by atoms with E-state index in [1.54, 1.807) is 18.7 Å². The Morgan fingerprint density at radius 3 is 2.94 bits per heavy atom. The van der Waals surface area contributed by atoms with Crippen LogP contribution in [0.25, 0.3) is 11.2 Å². The molecule has 5 N–H and O–H groups in total. The second-order valence-electron chi connectivity index (χ2n) is 3.87. The smallest absolute Gasteiger partial charge is 0.224 e. The van der Waals surface area contributed by atoms with Gasteiger partial charge >= 0.3 is 0 Å². The highest BCUT2D eigenvalue weighted by molar-refractivity contribution is 5.83. The van der Waals surface area contributed by atoms with Gasteiger partial charge in [0.25, 0.3) is 0 Å². The van der Waals surface area contributed by atoms with Crippen LogP contribution in [0.2, 0.25) is 0 Å². The molecule has 0 aliphatic rings. The maximum atomic E-state index is 5.64. The largest absolute Gasteiger partial charge is 0.368 e. The molecule has 18 heavy (non-hydrogen) atoms. The Morgan fingerprint density at radius 1 is 1.28 bits per heavy atom. The molecular formula is C10H12N8. The van der Waals surface area contributed by atoms with E-state index in [1.807, 2.05) is 6.92 Å². The standard InChI is InChI=1S/C10H12N8/c1-5(7-12-2-3-13-7)16-9-6-8(15-4-14-6)17-10(11)18-9/h2-5H,1H3,(H,12,13)(H4,11,14,15,16,17,18). The van der Waals surface area contributed by atoms with Crippen molar-refractivity contribution >= 4 is 22.9 Å². The number of nitrogens with one attached hydrogen (secondary N) is 3. The number of fused-ring (bicyclic) bond motifs is 1. The van der Waals surface area contributed by atoms with Gasteiger partial charge in [0, 0.05) is 12.4 Å². The summed E-state index contributed by atoms with van der Waals surface area (Å²) in [7, 11) is 0. The number of aromatic amines is 2. The van der Waals surface area contributed by atoms with Crippen molar-refractivity contribution in [3.05, 3.63) is 24.5 Å². The highest BCUT2D eigenvalue weighted by Crippen LogP contribution is 2.21. The number of hydrogen-bond donors (Lipinski definition) is 4. The monoisotopic (exact) mass is 244 g/mol. The minimum absolute atomic E-state index is 0.0270. The van der Waals surface area contributed by atoms with E-state index in [1.165, 1.54) is 0 Å². The van der Waals surface area contributed by atoms with Crippen LogP contribution in [0.3, 0.4) is 0 Å². The van der Waals surface area contributed by atoms with Crippen LogP contribution in [0.1, 0.15) is 18.8 Å². The number of anilines is 2. The van der Waals surface area contributed by atoms with E-state index >= 15 is 0 Å². The summed E-state index contributed by atoms with van der Waals surface area (Å²) < 4.78 is 0. The van der Waals surface area contributed by atoms with E-state index in [0.29, 0.717) is 11.5 Å². The number of H-pyrrole nitrogens is 2. The second-order valence-corrected chi connectivity index (χ2v) is 3.87. The van der Waals surface area contributed by atoms with Crippen molar-refractivity contribution < 1.29 is 0 Å². The topological polar surface area (TPSA) is 121 Å². The quantitative estimate of drug-likeness (QED) is 0.541. The molecule has 1 atom stereocenters. The predicted molar refractivity (Wildman–Crippen MR) is 66.7 cm³/mol. The highest BCUT2D eigenvalue weighted by Gasteiger charge is 2.13. The van der Waals surface area contributed by atoms with Crippen LogP contribution in [-0.4, -0.2) is 29.9 Å². The van der Waals surface area contributed by atoms with Gasteiger partial charge < -0.3 is 21.0 Å². The van der Waals surface area contributed by atoms with Gasteiger partial charge in [-0.2, -0.15) is 9.97 Å². The molecule has 0 aromatic carbocycles. The predicted octanol–water partition coefficient (Wildman–Crippen LogP) is 0.831. The van der Waals surface area contributed by atoms with Gasteiger partial charge in [-0.3, -0.25) is 0 Å². The Balaban J connectivity index is 1.97. The van der Waals surface area contributed by atoms with E-state index in [0.717, 1.165) is 11.3 Å². The van der Waals surface area contributed by atoms with Gasteiger partial charge in [-0.25, -0.2) is 9.97 Å². The molecule has 1 unspecified atom stereocenters. The Kier molecular flexibility index (Phi) is 2.33. The second kappa shape index (κ2) is 3.99. The average molecular weight is 244 g/mol. The van der Waals surface area contributed by atoms with E-state index < -0.39 is 0 Å². The molecule has 3 rings (SSSR count). The van der Waals surface area contributed by atoms with E-state index in [4.69, 9.17) is 5.73 Å². The fourth-order valence-corrected chi connectivity index (χ4v) is 1.74. The number of nitrogen functional groups attached to an aromatic ring is 1. The zero-order valence-corrected chi connectivity index (χ0v) is 9.68. The molecule has 0 saturated heterocycles. The first-order valence-electron chi connectivity index (χ1n) is 5.46. The van der Waals surface area contributed by atoms with Crippen LogP contribution >= 0.6 is 0 Å². The first-order valence-corrected chi connectivity index (χ1v) is 5.46. The zero-order valence-electron chi connectivity index (χ0n) is 9.68. The van der Waals surface area contributed by atoms with Crippen LogP contribution in [0.4, 0.5) is 11.8 Å². The summed E-state index contributed by atoms with van der Waals surface area (Å²) in [6, 6.07) is -0.0270. The molecule has 0 bridgehead atoms. The van der Waals surface area contributed by atoms with Crippen molar-refractivity contribution in [2.45, 2.75) is 13.0 Å². The lowest BCUT2D eigenvalue weighted by Gasteiger charge is -2.12. The molecular weight excluding hydrogens is 232 g/mol. The van der Waals surface area contributed by atoms with Gasteiger partial charge in [0.05, 0.1) is 12.4 Å². The van der Waals surface area contributed by atoms with Gasteiger partial charge in [-0.1, -0.05) is 0 Å². The number of hydrogen-bond acceptors (Lipinski definition) is 6. The molecule has 0 spiro atoms. The van der Waals surface area contributed by atoms with Crippen LogP contribution in [0, 0.1) is 0 Å². The summed E-state index contributed by atoms with van der Waals surface area (Å²) in [5, 5.41) is 3.22. The third kappa shape index (κ3) is 1.73. The number of nitrogens with zero attached hydrogens (tertiary/aromatic N) is 4. The molecule has 0 radical (unpaired) electrons. The Hall–Kier alpha value is -2.64. The van der Waals surface area contributed by atoms with E-state index in [9.17, 15) is 0 Å². The molecule has 8 heteroatoms. The molecule has 3 heterocycles. The van der Waals surface area contributed by atoms with E-state index in [-0.39, 0.29) is 12.0 Å². The third-order valence-corrected chi connectivity index (χ3v) is 2.59. The minimum atomic E-state index is -0.0270. The Labute approximate surface area is 102 Å². The van der Waals surface area contributed by atoms with Crippen molar-refractivity contribution in [2.75, 3.05) is 11.1 Å². The summed E-state index contributed by atoms with van der Waals surface area (Å²) in [5.74, 6) is 1.61. The van der Waals surface area contributed by atoms with Gasteiger partial charge in [-0.15, -0.1) is 0 Å². The van der Waals surface area contributed by atoms with Crippen LogP contribution < -0.4 is 11.1 Å². The van der Waals surface area contributed by atoms with Crippen molar-refractivity contribution in [2.24, 2.45) is 0 Å². The summed E-state index contributed by atoms with van der Waals surface area (Å²) in [4.78, 5) is 22.5. The fourth-order valence-electron chi connectivity index (χ4n) is 1.74. The molecule has 3 aromatic rings. The first-order chi connectivity index (χ1) is 8.74. The Morgan fingerprint density at radius 2 is 2.17 bits per heavy atom. The summed E-state index contributed by atoms with van der Waals surface area (Å²) >= 11 is 0. The zero-order chi connectivity index (χ0) is 12.5. The number of rotatable bonds is 3. The lowest BCUT2D eigenvalue weighted by Crippen LogP contribution is -2.11. The summed E-state index contributed by atoms with van der Waals surface area (Å²) in [6.45, 7) is 1.97. The highest BCUT2D eigenvalue weighted by atomic mass is 15.1.